The van der Waals surface area contributed by atoms with E-state index in [4.69, 9.17) is 28.7 Å². The van der Waals surface area contributed by atoms with Crippen molar-refractivity contribution in [2.45, 2.75) is 107 Å². The minimum absolute atomic E-state index is 0.00718. The van der Waals surface area contributed by atoms with Crippen molar-refractivity contribution < 1.29 is 48.6 Å². The molecule has 0 aliphatic carbocycles. The Labute approximate surface area is 365 Å². The van der Waals surface area contributed by atoms with E-state index in [-0.39, 0.29) is 51.2 Å². The molecule has 8 atom stereocenters. The van der Waals surface area contributed by atoms with Gasteiger partial charge in [0.05, 0.1) is 25.2 Å². The van der Waals surface area contributed by atoms with Gasteiger partial charge in [-0.1, -0.05) is 60.7 Å². The summed E-state index contributed by atoms with van der Waals surface area (Å²) in [6.07, 6.45) is -0.617. The molecule has 0 aliphatic rings. The number of hydrogen-bond acceptors (Lipinski definition) is 13. The summed E-state index contributed by atoms with van der Waals surface area (Å²) < 4.78 is 0. The predicted molar refractivity (Wildman–Crippen MR) is 231 cm³/mol. The smallest absolute Gasteiger partial charge is 0.245 e. The van der Waals surface area contributed by atoms with E-state index in [0.29, 0.717) is 30.3 Å². The summed E-state index contributed by atoms with van der Waals surface area (Å²) in [7, 11) is 0. The highest BCUT2D eigenvalue weighted by Crippen LogP contribution is 2.10. The maximum absolute atomic E-state index is 14.1. The Balaban J connectivity index is 2.40. The molecule has 63 heavy (non-hydrogen) atoms. The molecule has 0 unspecified atom stereocenters. The first-order chi connectivity index (χ1) is 30.0. The third-order valence-electron chi connectivity index (χ3n) is 9.54. The Morgan fingerprint density at radius 2 is 1.06 bits per heavy atom. The molecule has 2 aromatic rings. The van der Waals surface area contributed by atoms with Crippen molar-refractivity contribution in [3.63, 3.8) is 0 Å². The number of guanidine groups is 1. The number of aliphatic hydroxyl groups is 2. The number of nitrogens with zero attached hydrogens (tertiary/aromatic N) is 1. The number of benzene rings is 2. The highest BCUT2D eigenvalue weighted by molar-refractivity contribution is 5.97. The molecule has 22 nitrogen and oxygen atoms in total. The lowest BCUT2D eigenvalue weighted by atomic mass is 10.0. The largest absolute Gasteiger partial charge is 0.394 e. The van der Waals surface area contributed by atoms with Gasteiger partial charge >= 0.3 is 0 Å². The van der Waals surface area contributed by atoms with Gasteiger partial charge in [-0.25, -0.2) is 0 Å². The number of amides is 7. The Morgan fingerprint density at radius 3 is 1.51 bits per heavy atom. The fourth-order valence-corrected chi connectivity index (χ4v) is 6.06. The molecule has 346 valence electrons. The van der Waals surface area contributed by atoms with Crippen molar-refractivity contribution in [3.05, 3.63) is 71.8 Å². The SMILES string of the molecule is C[C@@H](O)[C@H](N)C(=O)N[C@@H](CCCN=C(N)N)C(=O)N[C@@H](CO)C(=O)N[C@@H](CCCCN)C(=O)N[C@@H](Cc1ccccc1)C(=O)N[C@@H](Cc1ccccc1)C(=O)N[C@H](C=O)CC(N)=O. The summed E-state index contributed by atoms with van der Waals surface area (Å²) in [5, 5.41) is 35.1. The van der Waals surface area contributed by atoms with E-state index < -0.39 is 103 Å². The number of aliphatic imine (C=N–C) groups is 1. The van der Waals surface area contributed by atoms with E-state index in [2.05, 4.69) is 36.9 Å². The van der Waals surface area contributed by atoms with Crippen LogP contribution in [-0.4, -0.2) is 132 Å². The summed E-state index contributed by atoms with van der Waals surface area (Å²) in [5.74, 6) is -6.26. The molecule has 0 spiro atoms. The number of unbranched alkanes of at least 4 members (excludes halogenated alkanes) is 1. The Morgan fingerprint density at radius 1 is 0.635 bits per heavy atom. The topological polar surface area (TPSA) is 392 Å². The number of aliphatic hydroxyl groups excluding tert-OH is 2. The van der Waals surface area contributed by atoms with Crippen molar-refractivity contribution in [1.29, 1.82) is 0 Å². The Hall–Kier alpha value is -6.49. The molecule has 0 saturated carbocycles. The highest BCUT2D eigenvalue weighted by atomic mass is 16.3. The fraction of sp³-hybridized carbons (Fsp3) is 0.488. The lowest BCUT2D eigenvalue weighted by Crippen LogP contribution is -2.61. The number of nitrogens with two attached hydrogens (primary N) is 5. The molecule has 18 N–H and O–H groups in total. The summed E-state index contributed by atoms with van der Waals surface area (Å²) in [6.45, 7) is 0.672. The van der Waals surface area contributed by atoms with Gasteiger partial charge in [-0.15, -0.1) is 0 Å². The van der Waals surface area contributed by atoms with Crippen LogP contribution in [0, 0.1) is 0 Å². The maximum atomic E-state index is 14.1. The Kier molecular flexibility index (Phi) is 23.5. The second-order valence-electron chi connectivity index (χ2n) is 14.8. The van der Waals surface area contributed by atoms with E-state index in [1.54, 1.807) is 60.7 Å². The van der Waals surface area contributed by atoms with Gasteiger partial charge < -0.3 is 75.6 Å². The number of hydrogen-bond donors (Lipinski definition) is 13. The van der Waals surface area contributed by atoms with E-state index >= 15 is 0 Å². The number of rotatable bonds is 29. The first-order valence-electron chi connectivity index (χ1n) is 20.4. The molecule has 22 heteroatoms. The van der Waals surface area contributed by atoms with E-state index in [1.165, 1.54) is 6.92 Å². The zero-order valence-electron chi connectivity index (χ0n) is 35.2. The highest BCUT2D eigenvalue weighted by Gasteiger charge is 2.33. The van der Waals surface area contributed by atoms with Crippen LogP contribution in [0.4, 0.5) is 0 Å². The normalized spacial score (nSPS) is 14.7. The maximum Gasteiger partial charge on any atom is 0.245 e. The third-order valence-corrected chi connectivity index (χ3v) is 9.54. The molecular weight excluding hydrogens is 821 g/mol. The van der Waals surface area contributed by atoms with Crippen molar-refractivity contribution in [1.82, 2.24) is 31.9 Å². The van der Waals surface area contributed by atoms with E-state index in [0.717, 1.165) is 0 Å². The molecule has 2 aromatic carbocycles. The molecule has 7 amide bonds. The second-order valence-corrected chi connectivity index (χ2v) is 14.8. The molecule has 0 saturated heterocycles. The number of carbonyl (C=O) groups is 8. The molecular formula is C41H62N12O10. The molecule has 0 heterocycles. The van der Waals surface area contributed by atoms with Crippen LogP contribution in [0.2, 0.25) is 0 Å². The van der Waals surface area contributed by atoms with Gasteiger partial charge in [0, 0.05) is 19.4 Å². The molecule has 0 fully saturated rings. The van der Waals surface area contributed by atoms with Crippen LogP contribution in [0.5, 0.6) is 0 Å². The van der Waals surface area contributed by atoms with Crippen molar-refractivity contribution in [2.75, 3.05) is 19.7 Å². The Bertz CT molecular complexity index is 1830. The number of aldehydes is 1. The average molecular weight is 883 g/mol. The lowest BCUT2D eigenvalue weighted by Gasteiger charge is -2.27. The van der Waals surface area contributed by atoms with Gasteiger partial charge in [0.25, 0.3) is 0 Å². The minimum Gasteiger partial charge on any atom is -0.394 e. The lowest BCUT2D eigenvalue weighted by molar-refractivity contribution is -0.136. The zero-order chi connectivity index (χ0) is 46.9. The van der Waals surface area contributed by atoms with Crippen molar-refractivity contribution >= 4 is 53.6 Å². The van der Waals surface area contributed by atoms with Crippen LogP contribution in [0.3, 0.4) is 0 Å². The number of carbonyl (C=O) groups excluding carboxylic acids is 8. The molecule has 0 bridgehead atoms. The third kappa shape index (κ3) is 19.8. The molecule has 0 radical (unpaired) electrons. The molecule has 0 aliphatic heterocycles. The van der Waals surface area contributed by atoms with Crippen LogP contribution >= 0.6 is 0 Å². The quantitative estimate of drug-likeness (QED) is 0.0158. The van der Waals surface area contributed by atoms with Crippen molar-refractivity contribution in [3.8, 4) is 0 Å². The van der Waals surface area contributed by atoms with Gasteiger partial charge in [0.2, 0.25) is 41.4 Å². The van der Waals surface area contributed by atoms with Gasteiger partial charge in [-0.2, -0.15) is 0 Å². The first kappa shape index (κ1) is 52.6. The predicted octanol–water partition coefficient (Wildman–Crippen LogP) is -4.66. The van der Waals surface area contributed by atoms with Gasteiger partial charge in [-0.3, -0.25) is 38.6 Å². The van der Waals surface area contributed by atoms with Crippen LogP contribution < -0.4 is 60.6 Å². The van der Waals surface area contributed by atoms with Gasteiger partial charge in [0.1, 0.15) is 42.5 Å². The molecule has 0 aromatic heterocycles. The van der Waals surface area contributed by atoms with Gasteiger partial charge in [-0.05, 0) is 56.7 Å². The first-order valence-corrected chi connectivity index (χ1v) is 20.4. The summed E-state index contributed by atoms with van der Waals surface area (Å²) in [6, 6.07) is 7.61. The number of primary amides is 1. The number of nitrogens with one attached hydrogen (secondary N) is 6. The van der Waals surface area contributed by atoms with E-state index in [1.807, 2.05) is 0 Å². The monoisotopic (exact) mass is 882 g/mol. The summed E-state index contributed by atoms with van der Waals surface area (Å²) in [4.78, 5) is 109. The van der Waals surface area contributed by atoms with Crippen LogP contribution in [0.1, 0.15) is 56.6 Å². The van der Waals surface area contributed by atoms with Crippen molar-refractivity contribution in [2.24, 2.45) is 33.7 Å². The zero-order valence-corrected chi connectivity index (χ0v) is 35.2. The standard InChI is InChI=1S/C41H62N12O10/c1-24(56)34(44)40(63)50-29(16-10-18-47-41(45)46)36(59)53-32(23-55)39(62)49-28(15-8-9-17-42)35(58)51-31(20-26-13-6-3-7-14-26)38(61)52-30(19-25-11-4-2-5-12-25)37(60)48-27(22-54)21-33(43)57/h2-7,11-14,22,24,27-32,34,55-56H,8-10,15-21,23,42,44H2,1H3,(H2,43,57)(H,48,60)(H,49,62)(H,50,63)(H,51,58)(H,52,61)(H,53,59)(H4,45,46,47)/t24-,27+,28+,29+,30+,31+,32+,34+/m1/s1. The minimum atomic E-state index is -1.64. The summed E-state index contributed by atoms with van der Waals surface area (Å²) >= 11 is 0. The summed E-state index contributed by atoms with van der Waals surface area (Å²) in [5.41, 5.74) is 28.7. The average Bonchev–Trinajstić information content (AvgIpc) is 3.25. The van der Waals surface area contributed by atoms with Gasteiger partial charge in [0.15, 0.2) is 5.96 Å². The second kappa shape index (κ2) is 28.2. The fourth-order valence-electron chi connectivity index (χ4n) is 6.06. The van der Waals surface area contributed by atoms with Crippen LogP contribution in [-0.2, 0) is 51.2 Å². The van der Waals surface area contributed by atoms with E-state index in [9.17, 15) is 48.6 Å². The van der Waals surface area contributed by atoms with Crippen LogP contribution in [0.25, 0.3) is 0 Å². The molecule has 2 rings (SSSR count). The van der Waals surface area contributed by atoms with Crippen LogP contribution in [0.15, 0.2) is 65.7 Å².